The number of nitrogens with zero attached hydrogens (tertiary/aromatic N) is 1. The van der Waals surface area contributed by atoms with Gasteiger partial charge in [0.2, 0.25) is 0 Å². The number of hydrogen-bond acceptors (Lipinski definition) is 2. The molecule has 3 nitrogen and oxygen atoms in total. The van der Waals surface area contributed by atoms with Gasteiger partial charge >= 0.3 is 0 Å². The van der Waals surface area contributed by atoms with Crippen molar-refractivity contribution in [2.24, 2.45) is 0 Å². The van der Waals surface area contributed by atoms with E-state index in [2.05, 4.69) is 10.3 Å². The van der Waals surface area contributed by atoms with E-state index >= 15 is 0 Å². The maximum Gasteiger partial charge on any atom is 0.255 e. The largest absolute Gasteiger partial charge is 0.322 e. The van der Waals surface area contributed by atoms with E-state index < -0.39 is 0 Å². The highest BCUT2D eigenvalue weighted by Crippen LogP contribution is 2.18. The van der Waals surface area contributed by atoms with Gasteiger partial charge in [0.1, 0.15) is 0 Å². The summed E-state index contributed by atoms with van der Waals surface area (Å²) < 4.78 is 0. The second-order valence-electron chi connectivity index (χ2n) is 3.93. The maximum absolute atomic E-state index is 12.1. The average molecular weight is 261 g/mol. The number of anilines is 1. The Kier molecular flexibility index (Phi) is 3.95. The van der Waals surface area contributed by atoms with Gasteiger partial charge in [0, 0.05) is 29.0 Å². The summed E-state index contributed by atoms with van der Waals surface area (Å²) in [5.74, 6) is 0.212. The van der Waals surface area contributed by atoms with Crippen LogP contribution in [0.5, 0.6) is 0 Å². The van der Waals surface area contributed by atoms with Crippen LogP contribution >= 0.6 is 11.6 Å². The van der Waals surface area contributed by atoms with Crippen LogP contribution in [0.1, 0.15) is 21.6 Å². The monoisotopic (exact) mass is 260 g/mol. The smallest absolute Gasteiger partial charge is 0.255 e. The van der Waals surface area contributed by atoms with Crippen LogP contribution in [-0.4, -0.2) is 10.9 Å². The summed E-state index contributed by atoms with van der Waals surface area (Å²) in [6.45, 7) is 1.85. The van der Waals surface area contributed by atoms with E-state index in [1.165, 1.54) is 0 Å². The van der Waals surface area contributed by atoms with Crippen molar-refractivity contribution >= 4 is 23.2 Å². The van der Waals surface area contributed by atoms with Gasteiger partial charge in [0.15, 0.2) is 0 Å². The van der Waals surface area contributed by atoms with Crippen molar-refractivity contribution in [2.75, 3.05) is 5.32 Å². The summed E-state index contributed by atoms with van der Waals surface area (Å²) in [5, 5.41) is 2.85. The van der Waals surface area contributed by atoms with Crippen molar-refractivity contribution in [2.45, 2.75) is 12.8 Å². The predicted octanol–water partition coefficient (Wildman–Crippen LogP) is 3.38. The molecule has 1 amide bonds. The summed E-state index contributed by atoms with van der Waals surface area (Å²) in [6, 6.07) is 10.9. The molecule has 0 aliphatic heterocycles. The SMILES string of the molecule is Cc1cc(C(=O)Nc2ccccc2CCl)ccn1. The van der Waals surface area contributed by atoms with Crippen molar-refractivity contribution in [1.29, 1.82) is 0 Å². The first-order chi connectivity index (χ1) is 8.70. The third-order valence-corrected chi connectivity index (χ3v) is 2.86. The van der Waals surface area contributed by atoms with E-state index in [1.54, 1.807) is 18.3 Å². The number of halogens is 1. The van der Waals surface area contributed by atoms with Gasteiger partial charge < -0.3 is 5.32 Å². The van der Waals surface area contributed by atoms with Crippen molar-refractivity contribution in [3.63, 3.8) is 0 Å². The molecule has 0 saturated carbocycles. The lowest BCUT2D eigenvalue weighted by Gasteiger charge is -2.09. The first-order valence-electron chi connectivity index (χ1n) is 5.58. The number of amides is 1. The number of pyridine rings is 1. The number of rotatable bonds is 3. The van der Waals surface area contributed by atoms with Gasteiger partial charge in [0.05, 0.1) is 0 Å². The molecule has 1 N–H and O–H groups in total. The molecule has 0 fully saturated rings. The summed E-state index contributed by atoms with van der Waals surface area (Å²) in [4.78, 5) is 16.1. The molecule has 0 spiro atoms. The highest BCUT2D eigenvalue weighted by Gasteiger charge is 2.08. The van der Waals surface area contributed by atoms with Crippen LogP contribution in [0.15, 0.2) is 42.6 Å². The van der Waals surface area contributed by atoms with Gasteiger partial charge in [-0.15, -0.1) is 11.6 Å². The molecular weight excluding hydrogens is 248 g/mol. The van der Waals surface area contributed by atoms with Gasteiger partial charge in [0.25, 0.3) is 5.91 Å². The Balaban J connectivity index is 2.21. The molecule has 0 radical (unpaired) electrons. The van der Waals surface area contributed by atoms with Crippen molar-refractivity contribution in [1.82, 2.24) is 4.98 Å². The number of carbonyl (C=O) groups is 1. The van der Waals surface area contributed by atoms with Crippen LogP contribution in [0.2, 0.25) is 0 Å². The van der Waals surface area contributed by atoms with E-state index in [0.717, 1.165) is 16.9 Å². The number of carbonyl (C=O) groups excluding carboxylic acids is 1. The molecule has 1 aromatic heterocycles. The molecule has 1 aromatic carbocycles. The molecule has 0 aliphatic carbocycles. The van der Waals surface area contributed by atoms with Crippen molar-refractivity contribution in [3.05, 3.63) is 59.4 Å². The standard InChI is InChI=1S/C14H13ClN2O/c1-10-8-11(6-7-16-10)14(18)17-13-5-3-2-4-12(13)9-15/h2-8H,9H2,1H3,(H,17,18). The maximum atomic E-state index is 12.1. The van der Waals surface area contributed by atoms with Crippen molar-refractivity contribution in [3.8, 4) is 0 Å². The van der Waals surface area contributed by atoms with E-state index in [1.807, 2.05) is 31.2 Å². The molecule has 0 saturated heterocycles. The molecular formula is C14H13ClN2O. The van der Waals surface area contributed by atoms with E-state index in [-0.39, 0.29) is 5.91 Å². The second-order valence-corrected chi connectivity index (χ2v) is 4.20. The Bertz CT molecular complexity index is 569. The van der Waals surface area contributed by atoms with Crippen LogP contribution in [0.3, 0.4) is 0 Å². The zero-order chi connectivity index (χ0) is 13.0. The molecule has 18 heavy (non-hydrogen) atoms. The number of hydrogen-bond donors (Lipinski definition) is 1. The minimum absolute atomic E-state index is 0.155. The minimum atomic E-state index is -0.155. The molecule has 0 bridgehead atoms. The number of aryl methyl sites for hydroxylation is 1. The average Bonchev–Trinajstić information content (AvgIpc) is 2.39. The quantitative estimate of drug-likeness (QED) is 0.860. The number of para-hydroxylation sites is 1. The van der Waals surface area contributed by atoms with Gasteiger partial charge in [-0.05, 0) is 30.7 Å². The molecule has 2 aromatic rings. The van der Waals surface area contributed by atoms with Crippen LogP contribution in [0.4, 0.5) is 5.69 Å². The van der Waals surface area contributed by atoms with E-state index in [4.69, 9.17) is 11.6 Å². The Morgan fingerprint density at radius 3 is 2.83 bits per heavy atom. The summed E-state index contributed by atoms with van der Waals surface area (Å²) in [5.41, 5.74) is 3.05. The van der Waals surface area contributed by atoms with Crippen molar-refractivity contribution < 1.29 is 4.79 Å². The van der Waals surface area contributed by atoms with Gasteiger partial charge in [-0.25, -0.2) is 0 Å². The fraction of sp³-hybridized carbons (Fsp3) is 0.143. The topological polar surface area (TPSA) is 42.0 Å². The molecule has 4 heteroatoms. The fourth-order valence-electron chi connectivity index (χ4n) is 1.64. The summed E-state index contributed by atoms with van der Waals surface area (Å²) >= 11 is 5.83. The molecule has 92 valence electrons. The second kappa shape index (κ2) is 5.65. The number of alkyl halides is 1. The first-order valence-corrected chi connectivity index (χ1v) is 6.12. The number of nitrogens with one attached hydrogen (secondary N) is 1. The number of benzene rings is 1. The van der Waals surface area contributed by atoms with Crippen LogP contribution < -0.4 is 5.32 Å². The Morgan fingerprint density at radius 2 is 2.11 bits per heavy atom. The number of aromatic nitrogens is 1. The van der Waals surface area contributed by atoms with E-state index in [9.17, 15) is 4.79 Å². The zero-order valence-electron chi connectivity index (χ0n) is 9.98. The highest BCUT2D eigenvalue weighted by molar-refractivity contribution is 6.17. The Labute approximate surface area is 111 Å². The van der Waals surface area contributed by atoms with Gasteiger partial charge in [-0.1, -0.05) is 18.2 Å². The summed E-state index contributed by atoms with van der Waals surface area (Å²) in [7, 11) is 0. The zero-order valence-corrected chi connectivity index (χ0v) is 10.7. The normalized spacial score (nSPS) is 10.1. The highest BCUT2D eigenvalue weighted by atomic mass is 35.5. The van der Waals surface area contributed by atoms with Crippen LogP contribution in [0.25, 0.3) is 0 Å². The fourth-order valence-corrected chi connectivity index (χ4v) is 1.87. The third kappa shape index (κ3) is 2.87. The molecule has 0 atom stereocenters. The Hall–Kier alpha value is -1.87. The van der Waals surface area contributed by atoms with Crippen LogP contribution in [-0.2, 0) is 5.88 Å². The van der Waals surface area contributed by atoms with Crippen LogP contribution in [0, 0.1) is 6.92 Å². The first kappa shape index (κ1) is 12.6. The third-order valence-electron chi connectivity index (χ3n) is 2.57. The molecule has 0 unspecified atom stereocenters. The minimum Gasteiger partial charge on any atom is -0.322 e. The lowest BCUT2D eigenvalue weighted by Crippen LogP contribution is -2.13. The predicted molar refractivity (Wildman–Crippen MR) is 72.9 cm³/mol. The van der Waals surface area contributed by atoms with Gasteiger partial charge in [-0.3, -0.25) is 9.78 Å². The lowest BCUT2D eigenvalue weighted by molar-refractivity contribution is 0.102. The molecule has 0 aliphatic rings. The lowest BCUT2D eigenvalue weighted by atomic mass is 10.1. The summed E-state index contributed by atoms with van der Waals surface area (Å²) in [6.07, 6.45) is 1.62. The molecule has 1 heterocycles. The molecule has 2 rings (SSSR count). The van der Waals surface area contributed by atoms with Gasteiger partial charge in [-0.2, -0.15) is 0 Å². The Morgan fingerprint density at radius 1 is 1.33 bits per heavy atom. The van der Waals surface area contributed by atoms with E-state index in [0.29, 0.717) is 11.4 Å².